The normalized spacial score (nSPS) is 23.4. The SMILES string of the molecule is O=C(NCC1CC1C(=O)N1CCC[C@H](C(=O)O)C1)OCC1c2ccccc2-c2ccccc21. The Balaban J connectivity index is 1.10. The lowest BCUT2D eigenvalue weighted by molar-refractivity contribution is -0.146. The van der Waals surface area contributed by atoms with Crippen LogP contribution in [0.5, 0.6) is 0 Å². The number of alkyl carbamates (subject to hydrolysis) is 1. The maximum absolute atomic E-state index is 12.7. The van der Waals surface area contributed by atoms with Crippen LogP contribution in [0.3, 0.4) is 0 Å². The summed E-state index contributed by atoms with van der Waals surface area (Å²) in [6.45, 7) is 1.56. The van der Waals surface area contributed by atoms with Crippen molar-refractivity contribution in [1.82, 2.24) is 10.2 Å². The number of carbonyl (C=O) groups is 3. The van der Waals surface area contributed by atoms with E-state index in [2.05, 4.69) is 29.6 Å². The van der Waals surface area contributed by atoms with Crippen LogP contribution in [0.4, 0.5) is 4.79 Å². The average molecular weight is 449 g/mol. The number of carboxylic acid groups (broad SMARTS) is 1. The number of aliphatic carboxylic acids is 1. The smallest absolute Gasteiger partial charge is 0.407 e. The Morgan fingerprint density at radius 1 is 1.03 bits per heavy atom. The number of carboxylic acids is 1. The molecule has 2 amide bonds. The Bertz CT molecular complexity index is 1040. The number of fused-ring (bicyclic) bond motifs is 3. The molecule has 33 heavy (non-hydrogen) atoms. The second kappa shape index (κ2) is 8.89. The number of nitrogens with one attached hydrogen (secondary N) is 1. The number of likely N-dealkylation sites (tertiary alicyclic amines) is 1. The Hall–Kier alpha value is -3.35. The molecule has 1 saturated heterocycles. The molecule has 172 valence electrons. The Labute approximate surface area is 192 Å². The fraction of sp³-hybridized carbons (Fsp3) is 0.423. The molecule has 2 aromatic carbocycles. The van der Waals surface area contributed by atoms with E-state index >= 15 is 0 Å². The molecule has 7 nitrogen and oxygen atoms in total. The first-order chi connectivity index (χ1) is 16.0. The highest BCUT2D eigenvalue weighted by molar-refractivity contribution is 5.83. The summed E-state index contributed by atoms with van der Waals surface area (Å²) < 4.78 is 5.56. The summed E-state index contributed by atoms with van der Waals surface area (Å²) >= 11 is 0. The van der Waals surface area contributed by atoms with E-state index in [4.69, 9.17) is 4.74 Å². The lowest BCUT2D eigenvalue weighted by atomic mass is 9.98. The Kier molecular flexibility index (Phi) is 5.79. The third-order valence-corrected chi connectivity index (χ3v) is 7.17. The number of hydrogen-bond donors (Lipinski definition) is 2. The van der Waals surface area contributed by atoms with Gasteiger partial charge in [-0.15, -0.1) is 0 Å². The number of nitrogens with zero attached hydrogens (tertiary/aromatic N) is 1. The minimum atomic E-state index is -0.836. The molecule has 3 aliphatic rings. The van der Waals surface area contributed by atoms with E-state index < -0.39 is 18.0 Å². The van der Waals surface area contributed by atoms with E-state index in [-0.39, 0.29) is 36.8 Å². The van der Waals surface area contributed by atoms with Gasteiger partial charge in [0, 0.05) is 31.5 Å². The molecule has 0 radical (unpaired) electrons. The second-order valence-electron chi connectivity index (χ2n) is 9.27. The van der Waals surface area contributed by atoms with E-state index in [0.717, 1.165) is 12.8 Å². The van der Waals surface area contributed by atoms with Crippen molar-refractivity contribution in [2.24, 2.45) is 17.8 Å². The molecule has 5 rings (SSSR count). The zero-order valence-electron chi connectivity index (χ0n) is 18.4. The van der Waals surface area contributed by atoms with Crippen LogP contribution >= 0.6 is 0 Å². The highest BCUT2D eigenvalue weighted by atomic mass is 16.5. The molecule has 0 aromatic heterocycles. The monoisotopic (exact) mass is 448 g/mol. The molecular formula is C26H28N2O5. The molecule has 1 heterocycles. The molecular weight excluding hydrogens is 420 g/mol. The van der Waals surface area contributed by atoms with Gasteiger partial charge in [0.25, 0.3) is 0 Å². The number of hydrogen-bond acceptors (Lipinski definition) is 4. The second-order valence-corrected chi connectivity index (χ2v) is 9.27. The molecule has 3 atom stereocenters. The Morgan fingerprint density at radius 2 is 1.70 bits per heavy atom. The molecule has 2 aromatic rings. The molecule has 0 spiro atoms. The first-order valence-electron chi connectivity index (χ1n) is 11.6. The number of carbonyl (C=O) groups excluding carboxylic acids is 2. The topological polar surface area (TPSA) is 95.9 Å². The largest absolute Gasteiger partial charge is 0.481 e. The van der Waals surface area contributed by atoms with Crippen molar-refractivity contribution in [3.8, 4) is 11.1 Å². The van der Waals surface area contributed by atoms with Crippen LogP contribution in [0.15, 0.2) is 48.5 Å². The van der Waals surface area contributed by atoms with Crippen molar-refractivity contribution in [2.75, 3.05) is 26.2 Å². The summed E-state index contributed by atoms with van der Waals surface area (Å²) in [5.74, 6) is -1.33. The highest BCUT2D eigenvalue weighted by Crippen LogP contribution is 2.44. The lowest BCUT2D eigenvalue weighted by Crippen LogP contribution is -2.43. The molecule has 7 heteroatoms. The summed E-state index contributed by atoms with van der Waals surface area (Å²) in [4.78, 5) is 38.0. The zero-order chi connectivity index (χ0) is 22.9. The fourth-order valence-corrected chi connectivity index (χ4v) is 5.25. The van der Waals surface area contributed by atoms with Gasteiger partial charge in [0.1, 0.15) is 6.61 Å². The lowest BCUT2D eigenvalue weighted by Gasteiger charge is -2.31. The first kappa shape index (κ1) is 21.5. The van der Waals surface area contributed by atoms with Gasteiger partial charge in [0.05, 0.1) is 5.92 Å². The van der Waals surface area contributed by atoms with Gasteiger partial charge in [0.2, 0.25) is 5.91 Å². The molecule has 2 unspecified atom stereocenters. The van der Waals surface area contributed by atoms with Gasteiger partial charge in [-0.3, -0.25) is 9.59 Å². The van der Waals surface area contributed by atoms with Crippen LogP contribution in [0.1, 0.15) is 36.3 Å². The van der Waals surface area contributed by atoms with Gasteiger partial charge in [-0.2, -0.15) is 0 Å². The van der Waals surface area contributed by atoms with Crippen LogP contribution < -0.4 is 5.32 Å². The van der Waals surface area contributed by atoms with Gasteiger partial charge in [-0.25, -0.2) is 4.79 Å². The van der Waals surface area contributed by atoms with Crippen molar-refractivity contribution in [2.45, 2.75) is 25.2 Å². The molecule has 2 N–H and O–H groups in total. The van der Waals surface area contributed by atoms with Crippen LogP contribution in [0.25, 0.3) is 11.1 Å². The number of benzene rings is 2. The molecule has 0 bridgehead atoms. The Morgan fingerprint density at radius 3 is 2.36 bits per heavy atom. The van der Waals surface area contributed by atoms with Crippen molar-refractivity contribution in [3.05, 3.63) is 59.7 Å². The van der Waals surface area contributed by atoms with Gasteiger partial charge in [-0.1, -0.05) is 48.5 Å². The molecule has 1 aliphatic heterocycles. The summed E-state index contributed by atoms with van der Waals surface area (Å²) in [5, 5.41) is 12.0. The minimum Gasteiger partial charge on any atom is -0.481 e. The quantitative estimate of drug-likeness (QED) is 0.705. The predicted molar refractivity (Wildman–Crippen MR) is 122 cm³/mol. The van der Waals surface area contributed by atoms with Gasteiger partial charge in [-0.05, 0) is 47.4 Å². The van der Waals surface area contributed by atoms with Crippen LogP contribution in [-0.4, -0.2) is 54.2 Å². The van der Waals surface area contributed by atoms with Crippen LogP contribution in [0, 0.1) is 17.8 Å². The number of amides is 2. The third kappa shape index (κ3) is 4.32. The van der Waals surface area contributed by atoms with Crippen molar-refractivity contribution >= 4 is 18.0 Å². The van der Waals surface area contributed by atoms with E-state index in [9.17, 15) is 19.5 Å². The van der Waals surface area contributed by atoms with Crippen molar-refractivity contribution in [3.63, 3.8) is 0 Å². The standard InChI is InChI=1S/C26H28N2O5/c29-24(28-11-5-6-16(14-28)25(30)31)22-12-17(22)13-27-26(32)33-15-23-20-9-3-1-7-18(20)19-8-2-4-10-21(19)23/h1-4,7-10,16-17,22-23H,5-6,11-15H2,(H,27,32)(H,30,31)/t16-,17?,22?/m0/s1. The summed E-state index contributed by atoms with van der Waals surface area (Å²) in [5.41, 5.74) is 4.70. The van der Waals surface area contributed by atoms with Gasteiger partial charge in [0.15, 0.2) is 0 Å². The first-order valence-corrected chi connectivity index (χ1v) is 11.6. The van der Waals surface area contributed by atoms with Crippen LogP contribution in [0.2, 0.25) is 0 Å². The van der Waals surface area contributed by atoms with Gasteiger partial charge < -0.3 is 20.1 Å². The number of ether oxygens (including phenoxy) is 1. The van der Waals surface area contributed by atoms with E-state index in [1.807, 2.05) is 24.3 Å². The summed E-state index contributed by atoms with van der Waals surface area (Å²) in [6.07, 6.45) is 1.59. The fourth-order valence-electron chi connectivity index (χ4n) is 5.25. The van der Waals surface area contributed by atoms with E-state index in [1.165, 1.54) is 22.3 Å². The number of piperidine rings is 1. The average Bonchev–Trinajstić information content (AvgIpc) is 3.56. The number of rotatable bonds is 6. The van der Waals surface area contributed by atoms with E-state index in [1.54, 1.807) is 4.90 Å². The highest BCUT2D eigenvalue weighted by Gasteiger charge is 2.46. The predicted octanol–water partition coefficient (Wildman–Crippen LogP) is 3.48. The third-order valence-electron chi connectivity index (χ3n) is 7.17. The van der Waals surface area contributed by atoms with Crippen LogP contribution in [-0.2, 0) is 14.3 Å². The van der Waals surface area contributed by atoms with Crippen molar-refractivity contribution < 1.29 is 24.2 Å². The maximum Gasteiger partial charge on any atom is 0.407 e. The van der Waals surface area contributed by atoms with Crippen molar-refractivity contribution in [1.29, 1.82) is 0 Å². The van der Waals surface area contributed by atoms with E-state index in [0.29, 0.717) is 19.5 Å². The minimum absolute atomic E-state index is 0.0136. The van der Waals surface area contributed by atoms with Gasteiger partial charge >= 0.3 is 12.1 Å². The summed E-state index contributed by atoms with van der Waals surface area (Å²) in [6, 6.07) is 16.4. The zero-order valence-corrected chi connectivity index (χ0v) is 18.4. The molecule has 2 fully saturated rings. The summed E-state index contributed by atoms with van der Waals surface area (Å²) in [7, 11) is 0. The molecule has 1 saturated carbocycles. The maximum atomic E-state index is 12.7. The molecule has 2 aliphatic carbocycles.